The zero-order valence-corrected chi connectivity index (χ0v) is 10.6. The Balaban J connectivity index is -0.000000172. The number of aliphatic hydroxyl groups is 1. The molecular formula is C11H20N2O2S2. The van der Waals surface area contributed by atoms with Crippen molar-refractivity contribution in [3.63, 3.8) is 0 Å². The fourth-order valence-electron chi connectivity index (χ4n) is 0.527. The summed E-state index contributed by atoms with van der Waals surface area (Å²) in [6.07, 6.45) is 0. The molecule has 5 N–H and O–H groups in total. The van der Waals surface area contributed by atoms with Crippen LogP contribution < -0.4 is 11.5 Å². The number of aliphatic hydroxyl groups excluding tert-OH is 1. The molecule has 0 atom stereocenters. The molecule has 0 aromatic heterocycles. The summed E-state index contributed by atoms with van der Waals surface area (Å²) in [7, 11) is 0. The Kier molecular flexibility index (Phi) is 21.0. The van der Waals surface area contributed by atoms with Crippen LogP contribution >= 0.6 is 24.4 Å². The van der Waals surface area contributed by atoms with Gasteiger partial charge in [-0.2, -0.15) is 0 Å². The maximum Gasteiger partial charge on any atom is 0.253 e. The van der Waals surface area contributed by atoms with E-state index in [1.54, 1.807) is 0 Å². The van der Waals surface area contributed by atoms with Crippen molar-refractivity contribution in [2.75, 3.05) is 6.61 Å². The minimum Gasteiger partial charge on any atom is -0.487 e. The molecule has 0 radical (unpaired) electrons. The van der Waals surface area contributed by atoms with E-state index in [4.69, 9.17) is 10.8 Å². The Bertz CT molecular complexity index is 251. The lowest BCUT2D eigenvalue weighted by Gasteiger charge is -1.93. The molecule has 0 spiro atoms. The molecule has 0 fully saturated rings. The van der Waals surface area contributed by atoms with Crippen molar-refractivity contribution in [3.8, 4) is 0 Å². The van der Waals surface area contributed by atoms with Crippen LogP contribution in [-0.4, -0.2) is 22.1 Å². The van der Waals surface area contributed by atoms with Gasteiger partial charge in [0.15, 0.2) is 0 Å². The third-order valence-corrected chi connectivity index (χ3v) is 1.07. The predicted octanol–water partition coefficient (Wildman–Crippen LogP) is 2.38. The number of benzene rings is 1. The van der Waals surface area contributed by atoms with Gasteiger partial charge in [-0.05, 0) is 31.4 Å². The largest absolute Gasteiger partial charge is 0.487 e. The van der Waals surface area contributed by atoms with Gasteiger partial charge in [0.1, 0.15) is 0 Å². The van der Waals surface area contributed by atoms with Crippen LogP contribution in [0.5, 0.6) is 0 Å². The molecular weight excluding hydrogens is 256 g/mol. The maximum absolute atomic E-state index is 7.56. The third kappa shape index (κ3) is 40.1. The Hall–Kier alpha value is -1.40. The van der Waals surface area contributed by atoms with Crippen LogP contribution in [-0.2, 0) is 4.74 Å². The van der Waals surface area contributed by atoms with Gasteiger partial charge in [-0.1, -0.05) is 43.8 Å². The van der Waals surface area contributed by atoms with Gasteiger partial charge >= 0.3 is 0 Å². The van der Waals surface area contributed by atoms with Crippen molar-refractivity contribution in [3.05, 3.63) is 36.4 Å². The fourth-order valence-corrected chi connectivity index (χ4v) is 0.645. The van der Waals surface area contributed by atoms with E-state index in [2.05, 4.69) is 34.9 Å². The smallest absolute Gasteiger partial charge is 0.253 e. The lowest BCUT2D eigenvalue weighted by molar-refractivity contribution is 0.331. The molecule has 98 valence electrons. The quantitative estimate of drug-likeness (QED) is 0.683. The van der Waals surface area contributed by atoms with Crippen molar-refractivity contribution < 1.29 is 9.84 Å². The third-order valence-electron chi connectivity index (χ3n) is 0.953. The van der Waals surface area contributed by atoms with Crippen molar-refractivity contribution in [1.29, 1.82) is 0 Å². The van der Waals surface area contributed by atoms with E-state index in [-0.39, 0.29) is 12.6 Å². The molecule has 0 aliphatic carbocycles. The summed E-state index contributed by atoms with van der Waals surface area (Å²) in [4.78, 5) is 0. The number of thiocarbonyl (C=S) groups is 2. The van der Waals surface area contributed by atoms with Gasteiger partial charge in [0.25, 0.3) is 10.3 Å². The highest BCUT2D eigenvalue weighted by atomic mass is 32.1. The molecule has 0 aliphatic rings. The summed E-state index contributed by atoms with van der Waals surface area (Å²) in [5, 5.41) is 7.19. The first-order valence-corrected chi connectivity index (χ1v) is 5.23. The van der Waals surface area contributed by atoms with Crippen molar-refractivity contribution in [1.82, 2.24) is 0 Å². The van der Waals surface area contributed by atoms with Crippen LogP contribution in [0, 0.1) is 0 Å². The summed E-state index contributed by atoms with van der Waals surface area (Å²) < 4.78 is 4.55. The Morgan fingerprint density at radius 2 is 1.29 bits per heavy atom. The minimum atomic E-state index is -0.500. The van der Waals surface area contributed by atoms with Crippen LogP contribution in [0.1, 0.15) is 14.4 Å². The summed E-state index contributed by atoms with van der Waals surface area (Å²) in [5.74, 6) is 0. The number of hydrogen-bond acceptors (Lipinski definition) is 3. The number of ether oxygens (including phenoxy) is 1. The van der Waals surface area contributed by atoms with Crippen LogP contribution in [0.4, 0.5) is 0 Å². The van der Waals surface area contributed by atoms with E-state index in [0.717, 1.165) is 0 Å². The highest BCUT2D eigenvalue weighted by Crippen LogP contribution is 1.79. The summed E-state index contributed by atoms with van der Waals surface area (Å²) in [6, 6.07) is 12.0. The minimum absolute atomic E-state index is 0. The van der Waals surface area contributed by atoms with Gasteiger partial charge in [-0.25, -0.2) is 0 Å². The van der Waals surface area contributed by atoms with E-state index < -0.39 is 5.17 Å². The lowest BCUT2D eigenvalue weighted by Crippen LogP contribution is -2.11. The Morgan fingerprint density at radius 1 is 1.06 bits per heavy atom. The second kappa shape index (κ2) is 17.0. The molecule has 0 heterocycles. The molecule has 0 unspecified atom stereocenters. The second-order valence-corrected chi connectivity index (χ2v) is 3.07. The molecule has 0 saturated carbocycles. The SMILES string of the molecule is C.CCOC(N)=S.NC(O)=S.c1ccccc1. The molecule has 0 bridgehead atoms. The topological polar surface area (TPSA) is 81.5 Å². The fraction of sp³-hybridized carbons (Fsp3) is 0.273. The maximum atomic E-state index is 7.56. The van der Waals surface area contributed by atoms with Gasteiger partial charge in [-0.3, -0.25) is 0 Å². The molecule has 0 aliphatic heterocycles. The monoisotopic (exact) mass is 276 g/mol. The summed E-state index contributed by atoms with van der Waals surface area (Å²) >= 11 is 8.22. The van der Waals surface area contributed by atoms with E-state index in [1.807, 2.05) is 43.3 Å². The number of rotatable bonds is 1. The lowest BCUT2D eigenvalue weighted by atomic mass is 10.4. The molecule has 17 heavy (non-hydrogen) atoms. The standard InChI is InChI=1S/C6H6.C3H7NOS.CH3NOS.CH4/c1-2-4-6-5-3-1;1-2-5-3(4)6;2-1(3)4;/h1-6H;2H2,1H3,(H2,4,6);(H3,2,3,4);1H4. The highest BCUT2D eigenvalue weighted by Gasteiger charge is 1.76. The first-order valence-electron chi connectivity index (χ1n) is 4.41. The van der Waals surface area contributed by atoms with E-state index >= 15 is 0 Å². The Labute approximate surface area is 114 Å². The van der Waals surface area contributed by atoms with Crippen molar-refractivity contribution >= 4 is 34.8 Å². The zero-order valence-electron chi connectivity index (χ0n) is 9.00. The van der Waals surface area contributed by atoms with Crippen LogP contribution in [0.25, 0.3) is 0 Å². The summed E-state index contributed by atoms with van der Waals surface area (Å²) in [5.41, 5.74) is 9.31. The van der Waals surface area contributed by atoms with E-state index in [9.17, 15) is 0 Å². The normalized spacial score (nSPS) is 6.88. The van der Waals surface area contributed by atoms with Crippen molar-refractivity contribution in [2.24, 2.45) is 11.5 Å². The van der Waals surface area contributed by atoms with Gasteiger partial charge < -0.3 is 21.3 Å². The summed E-state index contributed by atoms with van der Waals surface area (Å²) in [6.45, 7) is 2.40. The van der Waals surface area contributed by atoms with Gasteiger partial charge in [0, 0.05) is 0 Å². The zero-order chi connectivity index (χ0) is 12.8. The van der Waals surface area contributed by atoms with Crippen LogP contribution in [0.15, 0.2) is 36.4 Å². The number of nitrogens with two attached hydrogens (primary N) is 2. The molecule has 0 saturated heterocycles. The molecule has 0 amide bonds. The molecule has 1 aromatic rings. The first-order chi connectivity index (χ1) is 7.50. The van der Waals surface area contributed by atoms with Gasteiger partial charge in [0.2, 0.25) is 0 Å². The van der Waals surface area contributed by atoms with Gasteiger partial charge in [-0.15, -0.1) is 0 Å². The Morgan fingerprint density at radius 3 is 1.35 bits per heavy atom. The first kappa shape index (κ1) is 20.9. The van der Waals surface area contributed by atoms with Crippen molar-refractivity contribution in [2.45, 2.75) is 14.4 Å². The predicted molar refractivity (Wildman–Crippen MR) is 81.0 cm³/mol. The average molecular weight is 276 g/mol. The molecule has 6 heteroatoms. The number of hydrogen-bond donors (Lipinski definition) is 3. The van der Waals surface area contributed by atoms with E-state index in [0.29, 0.717) is 6.61 Å². The molecule has 4 nitrogen and oxygen atoms in total. The molecule has 1 rings (SSSR count). The molecule has 1 aromatic carbocycles. The van der Waals surface area contributed by atoms with Crippen LogP contribution in [0.3, 0.4) is 0 Å². The second-order valence-electron chi connectivity index (χ2n) is 2.24. The highest BCUT2D eigenvalue weighted by molar-refractivity contribution is 7.80. The van der Waals surface area contributed by atoms with E-state index in [1.165, 1.54) is 0 Å². The van der Waals surface area contributed by atoms with Crippen LogP contribution in [0.2, 0.25) is 0 Å². The average Bonchev–Trinajstić information content (AvgIpc) is 2.20. The van der Waals surface area contributed by atoms with Gasteiger partial charge in [0.05, 0.1) is 6.61 Å².